The Bertz CT molecular complexity index is 564. The van der Waals surface area contributed by atoms with Gasteiger partial charge in [0.25, 0.3) is 0 Å². The number of furan rings is 1. The monoisotopic (exact) mass is 308 g/mol. The van der Waals surface area contributed by atoms with Gasteiger partial charge in [-0.1, -0.05) is 19.1 Å². The van der Waals surface area contributed by atoms with Crippen molar-refractivity contribution in [2.75, 3.05) is 32.1 Å². The second-order valence-corrected chi connectivity index (χ2v) is 6.38. The zero-order chi connectivity index (χ0) is 13.8. The van der Waals surface area contributed by atoms with Crippen molar-refractivity contribution in [3.8, 4) is 0 Å². The summed E-state index contributed by atoms with van der Waals surface area (Å²) in [6, 6.07) is 8.74. The molecular weight excluding hydrogens is 284 g/mol. The molecule has 0 atom stereocenters. The average Bonchev–Trinajstić information content (AvgIpc) is 2.88. The van der Waals surface area contributed by atoms with Gasteiger partial charge in [-0.05, 0) is 23.4 Å². The summed E-state index contributed by atoms with van der Waals surface area (Å²) in [5, 5.41) is 1.21. The van der Waals surface area contributed by atoms with Crippen molar-refractivity contribution in [2.24, 2.45) is 0 Å². The Morgan fingerprint density at radius 3 is 2.76 bits per heavy atom. The fraction of sp³-hybridized carbons (Fsp3) is 0.500. The molecule has 4 nitrogen and oxygen atoms in total. The van der Waals surface area contributed by atoms with Gasteiger partial charge < -0.3 is 15.3 Å². The first kappa shape index (κ1) is 16.4. The van der Waals surface area contributed by atoms with Crippen LogP contribution in [0.25, 0.3) is 11.0 Å². The number of morpholine rings is 1. The SMILES string of the molecule is CCSCc1cc2ccc(CN3CCOCC3)cc2o1.N. The highest BCUT2D eigenvalue weighted by atomic mass is 32.2. The fourth-order valence-corrected chi connectivity index (χ4v) is 3.07. The zero-order valence-electron chi connectivity index (χ0n) is 12.6. The molecule has 0 bridgehead atoms. The summed E-state index contributed by atoms with van der Waals surface area (Å²) >= 11 is 1.89. The Morgan fingerprint density at radius 2 is 2.00 bits per heavy atom. The molecule has 0 saturated carbocycles. The van der Waals surface area contributed by atoms with Gasteiger partial charge in [-0.25, -0.2) is 0 Å². The quantitative estimate of drug-likeness (QED) is 0.913. The van der Waals surface area contributed by atoms with E-state index in [-0.39, 0.29) is 6.15 Å². The van der Waals surface area contributed by atoms with Crippen molar-refractivity contribution >= 4 is 22.7 Å². The average molecular weight is 308 g/mol. The molecule has 1 fully saturated rings. The number of nitrogens with zero attached hydrogens (tertiary/aromatic N) is 1. The number of hydrogen-bond donors (Lipinski definition) is 1. The van der Waals surface area contributed by atoms with Crippen molar-refractivity contribution in [2.45, 2.75) is 19.2 Å². The smallest absolute Gasteiger partial charge is 0.134 e. The van der Waals surface area contributed by atoms with E-state index in [0.29, 0.717) is 0 Å². The summed E-state index contributed by atoms with van der Waals surface area (Å²) in [4.78, 5) is 2.43. The standard InChI is InChI=1S/C16H21NO2S.H3N/c1-2-20-12-15-10-14-4-3-13(9-16(14)19-15)11-17-5-7-18-8-6-17;/h3-4,9-10H,2,5-8,11-12H2,1H3;1H3. The van der Waals surface area contributed by atoms with E-state index >= 15 is 0 Å². The Kier molecular flexibility index (Phi) is 6.11. The number of ether oxygens (including phenoxy) is 1. The normalized spacial score (nSPS) is 16.0. The molecule has 1 aliphatic heterocycles. The van der Waals surface area contributed by atoms with Gasteiger partial charge in [-0.15, -0.1) is 0 Å². The molecule has 3 N–H and O–H groups in total. The molecule has 0 spiro atoms. The Hall–Kier alpha value is -1.01. The van der Waals surface area contributed by atoms with Crippen LogP contribution in [0.1, 0.15) is 18.2 Å². The summed E-state index contributed by atoms with van der Waals surface area (Å²) in [5.41, 5.74) is 2.34. The molecule has 0 aliphatic carbocycles. The van der Waals surface area contributed by atoms with E-state index in [2.05, 4.69) is 36.1 Å². The van der Waals surface area contributed by atoms with E-state index in [1.807, 2.05) is 11.8 Å². The lowest BCUT2D eigenvalue weighted by atomic mass is 10.1. The third-order valence-electron chi connectivity index (χ3n) is 3.59. The highest BCUT2D eigenvalue weighted by Crippen LogP contribution is 2.24. The minimum atomic E-state index is 0. The fourth-order valence-electron chi connectivity index (χ4n) is 2.52. The van der Waals surface area contributed by atoms with Crippen molar-refractivity contribution < 1.29 is 9.15 Å². The molecule has 116 valence electrons. The van der Waals surface area contributed by atoms with Crippen LogP contribution in [0.4, 0.5) is 0 Å². The second-order valence-electron chi connectivity index (χ2n) is 5.11. The largest absolute Gasteiger partial charge is 0.460 e. The molecule has 1 saturated heterocycles. The minimum absolute atomic E-state index is 0. The van der Waals surface area contributed by atoms with Gasteiger partial charge in [0.05, 0.1) is 19.0 Å². The molecule has 0 unspecified atom stereocenters. The van der Waals surface area contributed by atoms with Crippen LogP contribution in [-0.2, 0) is 17.0 Å². The van der Waals surface area contributed by atoms with Crippen LogP contribution < -0.4 is 6.15 Å². The zero-order valence-corrected chi connectivity index (χ0v) is 13.5. The third-order valence-corrected chi connectivity index (χ3v) is 4.49. The van der Waals surface area contributed by atoms with Gasteiger partial charge >= 0.3 is 0 Å². The lowest BCUT2D eigenvalue weighted by molar-refractivity contribution is 0.0342. The first-order valence-corrected chi connectivity index (χ1v) is 8.40. The minimum Gasteiger partial charge on any atom is -0.460 e. The van der Waals surface area contributed by atoms with E-state index in [0.717, 1.165) is 55.7 Å². The maximum atomic E-state index is 5.94. The van der Waals surface area contributed by atoms with Crippen LogP contribution in [0, 0.1) is 0 Å². The van der Waals surface area contributed by atoms with Crippen LogP contribution in [0.15, 0.2) is 28.7 Å². The summed E-state index contributed by atoms with van der Waals surface area (Å²) in [7, 11) is 0. The van der Waals surface area contributed by atoms with Crippen LogP contribution in [0.2, 0.25) is 0 Å². The molecule has 0 radical (unpaired) electrons. The van der Waals surface area contributed by atoms with Gasteiger partial charge in [-0.2, -0.15) is 11.8 Å². The Morgan fingerprint density at radius 1 is 1.19 bits per heavy atom. The first-order valence-electron chi connectivity index (χ1n) is 7.24. The number of benzene rings is 1. The van der Waals surface area contributed by atoms with Crippen molar-refractivity contribution in [3.05, 3.63) is 35.6 Å². The second kappa shape index (κ2) is 7.84. The highest BCUT2D eigenvalue weighted by molar-refractivity contribution is 7.98. The third kappa shape index (κ3) is 4.23. The maximum absolute atomic E-state index is 5.94. The van der Waals surface area contributed by atoms with Crippen LogP contribution in [0.3, 0.4) is 0 Å². The Labute approximate surface area is 130 Å². The molecule has 1 aromatic heterocycles. The van der Waals surface area contributed by atoms with Gasteiger partial charge in [0, 0.05) is 25.0 Å². The molecule has 3 rings (SSSR count). The van der Waals surface area contributed by atoms with E-state index in [9.17, 15) is 0 Å². The first-order chi connectivity index (χ1) is 9.85. The van der Waals surface area contributed by atoms with Crippen LogP contribution >= 0.6 is 11.8 Å². The Balaban J connectivity index is 0.00000161. The molecule has 2 heterocycles. The summed E-state index contributed by atoms with van der Waals surface area (Å²) in [6.07, 6.45) is 0. The van der Waals surface area contributed by atoms with E-state index in [4.69, 9.17) is 9.15 Å². The van der Waals surface area contributed by atoms with E-state index in [1.165, 1.54) is 10.9 Å². The van der Waals surface area contributed by atoms with E-state index in [1.54, 1.807) is 0 Å². The summed E-state index contributed by atoms with van der Waals surface area (Å²) in [5.74, 6) is 3.17. The van der Waals surface area contributed by atoms with Crippen LogP contribution in [-0.4, -0.2) is 37.0 Å². The van der Waals surface area contributed by atoms with Gasteiger partial charge in [0.15, 0.2) is 0 Å². The molecule has 1 aromatic carbocycles. The van der Waals surface area contributed by atoms with Crippen LogP contribution in [0.5, 0.6) is 0 Å². The predicted octanol–water partition coefficient (Wildman–Crippen LogP) is 3.68. The number of thioether (sulfide) groups is 1. The van der Waals surface area contributed by atoms with E-state index < -0.39 is 0 Å². The van der Waals surface area contributed by atoms with Gasteiger partial charge in [-0.3, -0.25) is 4.90 Å². The molecule has 1 aliphatic rings. The van der Waals surface area contributed by atoms with Crippen molar-refractivity contribution in [1.29, 1.82) is 0 Å². The lowest BCUT2D eigenvalue weighted by Crippen LogP contribution is -2.35. The molecular formula is C16H24N2O2S. The topological polar surface area (TPSA) is 60.6 Å². The number of fused-ring (bicyclic) bond motifs is 1. The lowest BCUT2D eigenvalue weighted by Gasteiger charge is -2.26. The highest BCUT2D eigenvalue weighted by Gasteiger charge is 2.11. The van der Waals surface area contributed by atoms with Gasteiger partial charge in [0.2, 0.25) is 0 Å². The predicted molar refractivity (Wildman–Crippen MR) is 89.2 cm³/mol. The summed E-state index contributed by atoms with van der Waals surface area (Å²) < 4.78 is 11.3. The van der Waals surface area contributed by atoms with Gasteiger partial charge in [0.1, 0.15) is 11.3 Å². The van der Waals surface area contributed by atoms with Crippen molar-refractivity contribution in [1.82, 2.24) is 11.1 Å². The molecule has 0 amide bonds. The summed E-state index contributed by atoms with van der Waals surface area (Å²) in [6.45, 7) is 6.90. The molecule has 2 aromatic rings. The maximum Gasteiger partial charge on any atom is 0.134 e. The number of rotatable bonds is 5. The molecule has 21 heavy (non-hydrogen) atoms. The molecule has 5 heteroatoms. The van der Waals surface area contributed by atoms with Crippen molar-refractivity contribution in [3.63, 3.8) is 0 Å². The number of hydrogen-bond acceptors (Lipinski definition) is 5.